The van der Waals surface area contributed by atoms with E-state index < -0.39 is 0 Å². The molecule has 2 fully saturated rings. The lowest BCUT2D eigenvalue weighted by Crippen LogP contribution is -2.35. The molecule has 1 atom stereocenters. The highest BCUT2D eigenvalue weighted by atomic mass is 19.1. The predicted molar refractivity (Wildman–Crippen MR) is 127 cm³/mol. The zero-order valence-electron chi connectivity index (χ0n) is 19.2. The number of rotatable bonds is 8. The first kappa shape index (κ1) is 22.6. The monoisotopic (exact) mass is 439 g/mol. The molecule has 2 aromatic rings. The van der Waals surface area contributed by atoms with E-state index in [9.17, 15) is 9.18 Å². The molecule has 1 N–H and O–H groups in total. The van der Waals surface area contributed by atoms with Gasteiger partial charge < -0.3 is 15.0 Å². The van der Waals surface area contributed by atoms with Gasteiger partial charge in [-0.25, -0.2) is 4.39 Å². The van der Waals surface area contributed by atoms with E-state index in [0.717, 1.165) is 56.8 Å². The zero-order chi connectivity index (χ0) is 22.5. The molecule has 0 spiro atoms. The van der Waals surface area contributed by atoms with Gasteiger partial charge in [-0.2, -0.15) is 0 Å². The highest BCUT2D eigenvalue weighted by Gasteiger charge is 2.30. The number of carbonyl (C=O) groups is 1. The van der Waals surface area contributed by atoms with E-state index in [-0.39, 0.29) is 11.7 Å². The molecular formula is C26H34FN3O2. The summed E-state index contributed by atoms with van der Waals surface area (Å²) in [6.07, 6.45) is 5.70. The van der Waals surface area contributed by atoms with Gasteiger partial charge in [-0.1, -0.05) is 13.3 Å². The topological polar surface area (TPSA) is 44.8 Å². The SMILES string of the molecule is CCCCOc1ccc(C(=O)Nc2ccc(N3CC[C@@H](N4CCCC4)C3)c(F)c2)c(C)c1. The van der Waals surface area contributed by atoms with Gasteiger partial charge in [0.1, 0.15) is 11.6 Å². The van der Waals surface area contributed by atoms with E-state index in [4.69, 9.17) is 4.74 Å². The number of aryl methyl sites for hydroxylation is 1. The second kappa shape index (κ2) is 10.3. The summed E-state index contributed by atoms with van der Waals surface area (Å²) in [6.45, 7) is 8.74. The van der Waals surface area contributed by atoms with Crippen LogP contribution in [0, 0.1) is 12.7 Å². The van der Waals surface area contributed by atoms with Crippen LogP contribution in [0.15, 0.2) is 36.4 Å². The molecule has 0 saturated carbocycles. The number of hydrogen-bond donors (Lipinski definition) is 1. The molecule has 1 amide bonds. The number of nitrogens with one attached hydrogen (secondary N) is 1. The van der Waals surface area contributed by atoms with Gasteiger partial charge in [-0.05, 0) is 87.7 Å². The summed E-state index contributed by atoms with van der Waals surface area (Å²) in [4.78, 5) is 17.4. The van der Waals surface area contributed by atoms with Gasteiger partial charge in [0.05, 0.1) is 12.3 Å². The number of likely N-dealkylation sites (tertiary alicyclic amines) is 1. The molecule has 2 aliphatic rings. The fourth-order valence-corrected chi connectivity index (χ4v) is 4.72. The van der Waals surface area contributed by atoms with E-state index in [1.165, 1.54) is 18.9 Å². The summed E-state index contributed by atoms with van der Waals surface area (Å²) in [6, 6.07) is 11.0. The number of halogens is 1. The molecule has 4 rings (SSSR count). The summed E-state index contributed by atoms with van der Waals surface area (Å²) in [7, 11) is 0. The second-order valence-electron chi connectivity index (χ2n) is 8.93. The minimum atomic E-state index is -0.290. The normalized spacial score (nSPS) is 18.8. The smallest absolute Gasteiger partial charge is 0.255 e. The van der Waals surface area contributed by atoms with Crippen LogP contribution in [-0.4, -0.2) is 49.6 Å². The molecule has 32 heavy (non-hydrogen) atoms. The van der Waals surface area contributed by atoms with Gasteiger partial charge in [0.25, 0.3) is 5.91 Å². The Morgan fingerprint density at radius 2 is 1.97 bits per heavy atom. The Bertz CT molecular complexity index is 943. The number of anilines is 2. The highest BCUT2D eigenvalue weighted by Crippen LogP contribution is 2.29. The number of carbonyl (C=O) groups excluding carboxylic acids is 1. The maximum atomic E-state index is 14.9. The minimum absolute atomic E-state index is 0.245. The first-order valence-electron chi connectivity index (χ1n) is 11.9. The van der Waals surface area contributed by atoms with Gasteiger partial charge in [0.15, 0.2) is 0 Å². The molecule has 2 saturated heterocycles. The Hall–Kier alpha value is -2.60. The summed E-state index contributed by atoms with van der Waals surface area (Å²) in [5.74, 6) is 0.229. The van der Waals surface area contributed by atoms with Crippen LogP contribution in [0.5, 0.6) is 5.75 Å². The van der Waals surface area contributed by atoms with Crippen LogP contribution in [0.4, 0.5) is 15.8 Å². The first-order chi connectivity index (χ1) is 15.5. The maximum absolute atomic E-state index is 14.9. The lowest BCUT2D eigenvalue weighted by Gasteiger charge is -2.24. The molecule has 2 aliphatic heterocycles. The van der Waals surface area contributed by atoms with Crippen molar-refractivity contribution in [1.82, 2.24) is 4.90 Å². The molecule has 5 nitrogen and oxygen atoms in total. The third-order valence-electron chi connectivity index (χ3n) is 6.58. The largest absolute Gasteiger partial charge is 0.494 e. The molecular weight excluding hydrogens is 405 g/mol. The van der Waals surface area contributed by atoms with Gasteiger partial charge in [-0.15, -0.1) is 0 Å². The van der Waals surface area contributed by atoms with Crippen molar-refractivity contribution in [2.24, 2.45) is 0 Å². The Kier molecular flexibility index (Phi) is 7.30. The number of benzene rings is 2. The van der Waals surface area contributed by atoms with E-state index >= 15 is 0 Å². The average molecular weight is 440 g/mol. The second-order valence-corrected chi connectivity index (χ2v) is 8.93. The summed E-state index contributed by atoms with van der Waals surface area (Å²) in [5, 5.41) is 2.84. The number of ether oxygens (including phenoxy) is 1. The fraction of sp³-hybridized carbons (Fsp3) is 0.500. The molecule has 0 bridgehead atoms. The third kappa shape index (κ3) is 5.23. The average Bonchev–Trinajstić information content (AvgIpc) is 3.46. The minimum Gasteiger partial charge on any atom is -0.494 e. The summed E-state index contributed by atoms with van der Waals surface area (Å²) < 4.78 is 20.6. The Balaban J connectivity index is 1.37. The predicted octanol–water partition coefficient (Wildman–Crippen LogP) is 5.24. The zero-order valence-corrected chi connectivity index (χ0v) is 19.2. The highest BCUT2D eigenvalue weighted by molar-refractivity contribution is 6.05. The summed E-state index contributed by atoms with van der Waals surface area (Å²) in [5.41, 5.74) is 2.48. The van der Waals surface area contributed by atoms with Gasteiger partial charge >= 0.3 is 0 Å². The molecule has 0 aliphatic carbocycles. The number of amides is 1. The van der Waals surface area contributed by atoms with Crippen molar-refractivity contribution >= 4 is 17.3 Å². The lowest BCUT2D eigenvalue weighted by molar-refractivity contribution is 0.102. The van der Waals surface area contributed by atoms with Crippen molar-refractivity contribution in [2.45, 2.75) is 52.0 Å². The van der Waals surface area contributed by atoms with Crippen LogP contribution in [0.2, 0.25) is 0 Å². The van der Waals surface area contributed by atoms with Crippen LogP contribution in [0.1, 0.15) is 54.9 Å². The number of unbranched alkanes of at least 4 members (excludes halogenated alkanes) is 1. The molecule has 0 aromatic heterocycles. The Labute approximate surface area is 190 Å². The molecule has 2 aromatic carbocycles. The lowest BCUT2D eigenvalue weighted by atomic mass is 10.1. The van der Waals surface area contributed by atoms with Crippen LogP contribution in [0.3, 0.4) is 0 Å². The van der Waals surface area contributed by atoms with Crippen LogP contribution >= 0.6 is 0 Å². The van der Waals surface area contributed by atoms with Gasteiger partial charge in [-0.3, -0.25) is 9.69 Å². The van der Waals surface area contributed by atoms with E-state index in [1.54, 1.807) is 18.2 Å². The van der Waals surface area contributed by atoms with Crippen molar-refractivity contribution in [3.63, 3.8) is 0 Å². The van der Waals surface area contributed by atoms with Crippen LogP contribution in [0.25, 0.3) is 0 Å². The van der Waals surface area contributed by atoms with Crippen molar-refractivity contribution in [3.05, 3.63) is 53.3 Å². The molecule has 0 unspecified atom stereocenters. The molecule has 0 radical (unpaired) electrons. The third-order valence-corrected chi connectivity index (χ3v) is 6.58. The van der Waals surface area contributed by atoms with Gasteiger partial charge in [0, 0.05) is 30.4 Å². The molecule has 6 heteroatoms. The van der Waals surface area contributed by atoms with Crippen molar-refractivity contribution in [2.75, 3.05) is 43.0 Å². The Morgan fingerprint density at radius 1 is 1.16 bits per heavy atom. The number of nitrogens with zero attached hydrogens (tertiary/aromatic N) is 2. The standard InChI is InChI=1S/C26H34FN3O2/c1-3-4-15-32-22-8-9-23(19(2)16-22)26(31)28-20-7-10-25(24(27)17-20)30-14-11-21(18-30)29-12-5-6-13-29/h7-10,16-17,21H,3-6,11-15,18H2,1-2H3,(H,28,31)/t21-/m1/s1. The fourth-order valence-electron chi connectivity index (χ4n) is 4.72. The van der Waals surface area contributed by atoms with Crippen molar-refractivity contribution < 1.29 is 13.9 Å². The quantitative estimate of drug-likeness (QED) is 0.572. The Morgan fingerprint density at radius 3 is 2.69 bits per heavy atom. The van der Waals surface area contributed by atoms with Crippen molar-refractivity contribution in [3.8, 4) is 5.75 Å². The van der Waals surface area contributed by atoms with E-state index in [0.29, 0.717) is 29.6 Å². The molecule has 172 valence electrons. The summed E-state index contributed by atoms with van der Waals surface area (Å²) >= 11 is 0. The van der Waals surface area contributed by atoms with Gasteiger partial charge in [0.2, 0.25) is 0 Å². The van der Waals surface area contributed by atoms with Crippen LogP contribution in [-0.2, 0) is 0 Å². The number of hydrogen-bond acceptors (Lipinski definition) is 4. The van der Waals surface area contributed by atoms with E-state index in [2.05, 4.69) is 22.0 Å². The van der Waals surface area contributed by atoms with E-state index in [1.807, 2.05) is 19.1 Å². The maximum Gasteiger partial charge on any atom is 0.255 e. The van der Waals surface area contributed by atoms with Crippen molar-refractivity contribution in [1.29, 1.82) is 0 Å². The van der Waals surface area contributed by atoms with Crippen LogP contribution < -0.4 is 15.0 Å². The first-order valence-corrected chi connectivity index (χ1v) is 11.9. The molecule has 2 heterocycles.